The molecule has 1 fully saturated rings. The van der Waals surface area contributed by atoms with Crippen LogP contribution in [0.2, 0.25) is 0 Å². The van der Waals surface area contributed by atoms with Gasteiger partial charge in [0.25, 0.3) is 5.91 Å². The zero-order valence-electron chi connectivity index (χ0n) is 18.6. The molecule has 31 heavy (non-hydrogen) atoms. The van der Waals surface area contributed by atoms with Crippen molar-refractivity contribution >= 4 is 16.8 Å². The molecule has 2 aromatic carbocycles. The lowest BCUT2D eigenvalue weighted by atomic mass is 9.89. The Kier molecular flexibility index (Phi) is 6.47. The van der Waals surface area contributed by atoms with E-state index in [1.54, 1.807) is 7.11 Å². The number of likely N-dealkylation sites (N-methyl/N-ethyl adjacent to an activating group) is 1. The number of ether oxygens (including phenoxy) is 2. The molecule has 0 saturated carbocycles. The molecule has 1 aliphatic rings. The van der Waals surface area contributed by atoms with E-state index >= 15 is 0 Å². The second kappa shape index (κ2) is 9.43. The third-order valence-corrected chi connectivity index (χ3v) is 6.06. The van der Waals surface area contributed by atoms with E-state index in [4.69, 9.17) is 9.47 Å². The maximum atomic E-state index is 13.2. The Labute approximate surface area is 183 Å². The number of aromatic nitrogens is 1. The molecule has 2 heterocycles. The first kappa shape index (κ1) is 21.2. The van der Waals surface area contributed by atoms with Crippen LogP contribution in [0.4, 0.5) is 0 Å². The standard InChI is InChI=1S/C25H31N3O3/c1-27(2)14-15-31-24-7-5-4-6-20(24)25(29)28-12-10-18(11-13-28)22-17-26-23-9-8-19(30-3)16-21(22)23/h4-9,16-18,26H,10-15H2,1-3H3. The maximum Gasteiger partial charge on any atom is 0.257 e. The summed E-state index contributed by atoms with van der Waals surface area (Å²) in [5.41, 5.74) is 3.09. The van der Waals surface area contributed by atoms with Crippen LogP contribution in [0.5, 0.6) is 11.5 Å². The molecule has 0 atom stereocenters. The van der Waals surface area contributed by atoms with Gasteiger partial charge in [0.05, 0.1) is 12.7 Å². The first-order valence-electron chi connectivity index (χ1n) is 10.9. The number of nitrogens with zero attached hydrogens (tertiary/aromatic N) is 2. The molecule has 6 nitrogen and oxygen atoms in total. The van der Waals surface area contributed by atoms with E-state index in [0.29, 0.717) is 23.8 Å². The number of H-pyrrole nitrogens is 1. The monoisotopic (exact) mass is 421 g/mol. The number of carbonyl (C=O) groups excluding carboxylic acids is 1. The number of hydrogen-bond acceptors (Lipinski definition) is 4. The smallest absolute Gasteiger partial charge is 0.257 e. The molecule has 1 aromatic heterocycles. The zero-order valence-corrected chi connectivity index (χ0v) is 18.6. The second-order valence-corrected chi connectivity index (χ2v) is 8.37. The van der Waals surface area contributed by atoms with Gasteiger partial charge in [0.1, 0.15) is 18.1 Å². The fraction of sp³-hybridized carbons (Fsp3) is 0.400. The minimum atomic E-state index is 0.0551. The molecule has 1 aliphatic heterocycles. The minimum absolute atomic E-state index is 0.0551. The Hall–Kier alpha value is -2.99. The largest absolute Gasteiger partial charge is 0.497 e. The number of rotatable bonds is 7. The van der Waals surface area contributed by atoms with E-state index in [2.05, 4.69) is 28.2 Å². The summed E-state index contributed by atoms with van der Waals surface area (Å²) in [6.07, 6.45) is 4.00. The number of methoxy groups -OCH3 is 1. The van der Waals surface area contributed by atoms with Crippen LogP contribution < -0.4 is 9.47 Å². The van der Waals surface area contributed by atoms with Gasteiger partial charge in [0.15, 0.2) is 0 Å². The van der Waals surface area contributed by atoms with Crippen molar-refractivity contribution in [1.82, 2.24) is 14.8 Å². The highest BCUT2D eigenvalue weighted by molar-refractivity contribution is 5.97. The van der Waals surface area contributed by atoms with Crippen molar-refractivity contribution in [3.63, 3.8) is 0 Å². The summed E-state index contributed by atoms with van der Waals surface area (Å²) in [4.78, 5) is 20.6. The molecule has 3 aromatic rings. The van der Waals surface area contributed by atoms with Crippen LogP contribution in [0, 0.1) is 0 Å². The summed E-state index contributed by atoms with van der Waals surface area (Å²) in [7, 11) is 5.71. The van der Waals surface area contributed by atoms with Gasteiger partial charge in [-0.2, -0.15) is 0 Å². The molecule has 0 aliphatic carbocycles. The van der Waals surface area contributed by atoms with Gasteiger partial charge < -0.3 is 24.3 Å². The highest BCUT2D eigenvalue weighted by Gasteiger charge is 2.27. The Balaban J connectivity index is 1.43. The average Bonchev–Trinajstić information content (AvgIpc) is 3.22. The molecule has 0 spiro atoms. The lowest BCUT2D eigenvalue weighted by Crippen LogP contribution is -2.38. The number of benzene rings is 2. The molecule has 0 radical (unpaired) electrons. The number of carbonyl (C=O) groups is 1. The van der Waals surface area contributed by atoms with Gasteiger partial charge in [-0.25, -0.2) is 0 Å². The van der Waals surface area contributed by atoms with Gasteiger partial charge in [-0.05, 0) is 68.8 Å². The fourth-order valence-electron chi connectivity index (χ4n) is 4.26. The van der Waals surface area contributed by atoms with Crippen LogP contribution >= 0.6 is 0 Å². The van der Waals surface area contributed by atoms with Crippen molar-refractivity contribution < 1.29 is 14.3 Å². The third kappa shape index (κ3) is 4.69. The number of piperidine rings is 1. The summed E-state index contributed by atoms with van der Waals surface area (Å²) >= 11 is 0. The number of aromatic amines is 1. The van der Waals surface area contributed by atoms with Gasteiger partial charge in [-0.1, -0.05) is 12.1 Å². The van der Waals surface area contributed by atoms with Gasteiger partial charge in [-0.3, -0.25) is 4.79 Å². The first-order valence-corrected chi connectivity index (χ1v) is 10.9. The number of amides is 1. The molecule has 6 heteroatoms. The number of fused-ring (bicyclic) bond motifs is 1. The van der Waals surface area contributed by atoms with E-state index in [1.807, 2.05) is 49.3 Å². The van der Waals surface area contributed by atoms with Crippen LogP contribution in [-0.2, 0) is 0 Å². The lowest BCUT2D eigenvalue weighted by Gasteiger charge is -2.32. The van der Waals surface area contributed by atoms with Crippen LogP contribution in [0.15, 0.2) is 48.7 Å². The average molecular weight is 422 g/mol. The molecule has 4 rings (SSSR count). The predicted octanol–water partition coefficient (Wildman–Crippen LogP) is 4.14. The highest BCUT2D eigenvalue weighted by Crippen LogP contribution is 2.35. The quantitative estimate of drug-likeness (QED) is 0.623. The van der Waals surface area contributed by atoms with Crippen LogP contribution in [0.25, 0.3) is 10.9 Å². The molecule has 164 valence electrons. The fourth-order valence-corrected chi connectivity index (χ4v) is 4.26. The molecular weight excluding hydrogens is 390 g/mol. The molecular formula is C25H31N3O3. The summed E-state index contributed by atoms with van der Waals surface area (Å²) in [6, 6.07) is 13.7. The molecule has 1 saturated heterocycles. The second-order valence-electron chi connectivity index (χ2n) is 8.37. The van der Waals surface area contributed by atoms with Crippen LogP contribution in [-0.4, -0.2) is 68.1 Å². The van der Waals surface area contributed by atoms with Crippen molar-refractivity contribution in [1.29, 1.82) is 0 Å². The SMILES string of the molecule is COc1ccc2[nH]cc(C3CCN(C(=O)c4ccccc4OCCN(C)C)CC3)c2c1. The summed E-state index contributed by atoms with van der Waals surface area (Å²) in [6.45, 7) is 2.85. The van der Waals surface area contributed by atoms with E-state index < -0.39 is 0 Å². The molecule has 0 bridgehead atoms. The normalized spacial score (nSPS) is 14.9. The van der Waals surface area contributed by atoms with E-state index in [-0.39, 0.29) is 5.91 Å². The molecule has 1 N–H and O–H groups in total. The Bertz CT molecular complexity index is 1040. The van der Waals surface area contributed by atoms with Gasteiger partial charge in [0, 0.05) is 36.7 Å². The number of likely N-dealkylation sites (tertiary alicyclic amines) is 1. The van der Waals surface area contributed by atoms with Gasteiger partial charge in [-0.15, -0.1) is 0 Å². The van der Waals surface area contributed by atoms with Gasteiger partial charge in [0.2, 0.25) is 0 Å². The topological polar surface area (TPSA) is 57.8 Å². The van der Waals surface area contributed by atoms with Crippen molar-refractivity contribution in [3.05, 3.63) is 59.8 Å². The zero-order chi connectivity index (χ0) is 21.8. The van der Waals surface area contributed by atoms with Crippen molar-refractivity contribution in [2.75, 3.05) is 47.4 Å². The number of para-hydroxylation sites is 1. The minimum Gasteiger partial charge on any atom is -0.497 e. The summed E-state index contributed by atoms with van der Waals surface area (Å²) < 4.78 is 11.3. The first-order chi connectivity index (χ1) is 15.1. The van der Waals surface area contributed by atoms with E-state index in [0.717, 1.165) is 43.7 Å². The van der Waals surface area contributed by atoms with Crippen molar-refractivity contribution in [2.45, 2.75) is 18.8 Å². The van der Waals surface area contributed by atoms with E-state index in [9.17, 15) is 4.79 Å². The Morgan fingerprint density at radius 3 is 2.68 bits per heavy atom. The summed E-state index contributed by atoms with van der Waals surface area (Å²) in [5.74, 6) is 2.02. The predicted molar refractivity (Wildman–Crippen MR) is 123 cm³/mol. The highest BCUT2D eigenvalue weighted by atomic mass is 16.5. The third-order valence-electron chi connectivity index (χ3n) is 6.06. The summed E-state index contributed by atoms with van der Waals surface area (Å²) in [5, 5.41) is 1.21. The molecule has 0 unspecified atom stereocenters. The van der Waals surface area contributed by atoms with Crippen LogP contribution in [0.3, 0.4) is 0 Å². The maximum absolute atomic E-state index is 13.2. The molecule has 1 amide bonds. The van der Waals surface area contributed by atoms with E-state index in [1.165, 1.54) is 10.9 Å². The van der Waals surface area contributed by atoms with Crippen LogP contribution in [0.1, 0.15) is 34.7 Å². The number of hydrogen-bond donors (Lipinski definition) is 1. The lowest BCUT2D eigenvalue weighted by molar-refractivity contribution is 0.0708. The van der Waals surface area contributed by atoms with Crippen molar-refractivity contribution in [2.24, 2.45) is 0 Å². The van der Waals surface area contributed by atoms with Gasteiger partial charge >= 0.3 is 0 Å². The number of nitrogens with one attached hydrogen (secondary N) is 1. The Morgan fingerprint density at radius 2 is 1.94 bits per heavy atom. The Morgan fingerprint density at radius 1 is 1.16 bits per heavy atom. The van der Waals surface area contributed by atoms with Crippen molar-refractivity contribution in [3.8, 4) is 11.5 Å².